The van der Waals surface area contributed by atoms with Gasteiger partial charge < -0.3 is 0 Å². The van der Waals surface area contributed by atoms with Crippen molar-refractivity contribution in [2.24, 2.45) is 0 Å². The zero-order valence-corrected chi connectivity index (χ0v) is 11.0. The number of hydrogen-bond donors (Lipinski definition) is 0. The Kier molecular flexibility index (Phi) is 3.66. The normalized spacial score (nSPS) is 10.5. The lowest BCUT2D eigenvalue weighted by atomic mass is 10.1. The van der Waals surface area contributed by atoms with Crippen molar-refractivity contribution >= 4 is 46.4 Å². The maximum atomic E-state index is 6.08. The Bertz CT molecular complexity index is 511. The molecule has 2 aromatic carbocycles. The second-order valence-electron chi connectivity index (χ2n) is 3.23. The van der Waals surface area contributed by atoms with E-state index < -0.39 is 0 Å². The van der Waals surface area contributed by atoms with Crippen LogP contribution in [-0.4, -0.2) is 0 Å². The summed E-state index contributed by atoms with van der Waals surface area (Å²) < 4.78 is 0. The number of benzene rings is 2. The molecule has 0 atom stereocenters. The van der Waals surface area contributed by atoms with E-state index in [0.29, 0.717) is 20.1 Å². The molecule has 0 saturated heterocycles. The molecule has 0 aliphatic heterocycles. The fraction of sp³-hybridized carbons (Fsp3) is 0. The van der Waals surface area contributed by atoms with Gasteiger partial charge in [0.1, 0.15) is 0 Å². The SMILES string of the molecule is Clc1ccccc1-c1cc(Cl)c(Cl)c(Cl)c1. The largest absolute Gasteiger partial charge is 0.0837 e. The highest BCUT2D eigenvalue weighted by Crippen LogP contribution is 2.37. The number of halogens is 4. The third-order valence-corrected chi connectivity index (χ3v) is 3.70. The predicted molar refractivity (Wildman–Crippen MR) is 71.9 cm³/mol. The van der Waals surface area contributed by atoms with Gasteiger partial charge in [-0.2, -0.15) is 0 Å². The van der Waals surface area contributed by atoms with E-state index in [0.717, 1.165) is 11.1 Å². The summed E-state index contributed by atoms with van der Waals surface area (Å²) in [5.41, 5.74) is 1.73. The molecule has 0 bridgehead atoms. The Labute approximate surface area is 114 Å². The fourth-order valence-corrected chi connectivity index (χ4v) is 2.25. The molecule has 82 valence electrons. The average Bonchev–Trinajstić information content (AvgIpc) is 2.26. The molecule has 0 nitrogen and oxygen atoms in total. The lowest BCUT2D eigenvalue weighted by Crippen LogP contribution is -1.81. The molecule has 0 spiro atoms. The highest BCUT2D eigenvalue weighted by molar-refractivity contribution is 6.48. The third-order valence-electron chi connectivity index (χ3n) is 2.17. The van der Waals surface area contributed by atoms with E-state index in [-0.39, 0.29) is 0 Å². The van der Waals surface area contributed by atoms with Crippen molar-refractivity contribution in [2.75, 3.05) is 0 Å². The molecule has 0 aromatic heterocycles. The highest BCUT2D eigenvalue weighted by atomic mass is 35.5. The van der Waals surface area contributed by atoms with Gasteiger partial charge in [-0.25, -0.2) is 0 Å². The van der Waals surface area contributed by atoms with Gasteiger partial charge in [-0.3, -0.25) is 0 Å². The molecule has 4 heteroatoms. The molecule has 0 saturated carbocycles. The zero-order valence-electron chi connectivity index (χ0n) is 7.98. The van der Waals surface area contributed by atoms with Crippen molar-refractivity contribution in [3.63, 3.8) is 0 Å². The Balaban J connectivity index is 2.62. The summed E-state index contributed by atoms with van der Waals surface area (Å²) in [5.74, 6) is 0. The van der Waals surface area contributed by atoms with E-state index in [1.807, 2.05) is 24.3 Å². The fourth-order valence-electron chi connectivity index (χ4n) is 1.41. The maximum absolute atomic E-state index is 6.08. The quantitative estimate of drug-likeness (QED) is 0.568. The van der Waals surface area contributed by atoms with Crippen molar-refractivity contribution in [2.45, 2.75) is 0 Å². The van der Waals surface area contributed by atoms with Crippen molar-refractivity contribution in [1.29, 1.82) is 0 Å². The monoisotopic (exact) mass is 290 g/mol. The van der Waals surface area contributed by atoms with Crippen LogP contribution in [0.4, 0.5) is 0 Å². The molecule has 0 aliphatic carbocycles. The van der Waals surface area contributed by atoms with Gasteiger partial charge >= 0.3 is 0 Å². The Morgan fingerprint density at radius 1 is 0.688 bits per heavy atom. The van der Waals surface area contributed by atoms with Crippen molar-refractivity contribution in [3.05, 3.63) is 56.5 Å². The van der Waals surface area contributed by atoms with E-state index in [9.17, 15) is 0 Å². The topological polar surface area (TPSA) is 0 Å². The molecule has 16 heavy (non-hydrogen) atoms. The van der Waals surface area contributed by atoms with Gasteiger partial charge in [0.05, 0.1) is 15.1 Å². The molecule has 2 aromatic rings. The van der Waals surface area contributed by atoms with E-state index in [2.05, 4.69) is 0 Å². The summed E-state index contributed by atoms with van der Waals surface area (Å²) in [4.78, 5) is 0. The van der Waals surface area contributed by atoms with Crippen LogP contribution in [0, 0.1) is 0 Å². The minimum absolute atomic E-state index is 0.360. The summed E-state index contributed by atoms with van der Waals surface area (Å²) in [6.07, 6.45) is 0. The lowest BCUT2D eigenvalue weighted by Gasteiger charge is -2.07. The van der Waals surface area contributed by atoms with Crippen LogP contribution in [0.5, 0.6) is 0 Å². The van der Waals surface area contributed by atoms with Crippen LogP contribution in [0.15, 0.2) is 36.4 Å². The van der Waals surface area contributed by atoms with Crippen LogP contribution < -0.4 is 0 Å². The molecular weight excluding hydrogens is 286 g/mol. The molecule has 0 heterocycles. The van der Waals surface area contributed by atoms with E-state index in [1.54, 1.807) is 12.1 Å². The van der Waals surface area contributed by atoms with Gasteiger partial charge in [-0.05, 0) is 23.8 Å². The number of rotatable bonds is 1. The van der Waals surface area contributed by atoms with Crippen molar-refractivity contribution in [1.82, 2.24) is 0 Å². The van der Waals surface area contributed by atoms with Crippen LogP contribution in [0.3, 0.4) is 0 Å². The van der Waals surface area contributed by atoms with Crippen LogP contribution >= 0.6 is 46.4 Å². The summed E-state index contributed by atoms with van der Waals surface area (Å²) in [6.45, 7) is 0. The summed E-state index contributed by atoms with van der Waals surface area (Å²) in [7, 11) is 0. The Morgan fingerprint density at radius 3 is 1.81 bits per heavy atom. The van der Waals surface area contributed by atoms with Crippen molar-refractivity contribution < 1.29 is 0 Å². The van der Waals surface area contributed by atoms with Gasteiger partial charge in [0.2, 0.25) is 0 Å². The Hall–Kier alpha value is -0.400. The van der Waals surface area contributed by atoms with Crippen LogP contribution in [-0.2, 0) is 0 Å². The molecule has 0 unspecified atom stereocenters. The van der Waals surface area contributed by atoms with E-state index >= 15 is 0 Å². The predicted octanol–water partition coefficient (Wildman–Crippen LogP) is 5.97. The van der Waals surface area contributed by atoms with Gasteiger partial charge in [-0.15, -0.1) is 0 Å². The van der Waals surface area contributed by atoms with Crippen LogP contribution in [0.1, 0.15) is 0 Å². The van der Waals surface area contributed by atoms with Crippen LogP contribution in [0.2, 0.25) is 20.1 Å². The first kappa shape index (κ1) is 12.1. The average molecular weight is 292 g/mol. The van der Waals surface area contributed by atoms with Gasteiger partial charge in [0.25, 0.3) is 0 Å². The van der Waals surface area contributed by atoms with Crippen molar-refractivity contribution in [3.8, 4) is 11.1 Å². The first-order valence-corrected chi connectivity index (χ1v) is 6.00. The molecule has 0 radical (unpaired) electrons. The lowest BCUT2D eigenvalue weighted by molar-refractivity contribution is 1.61. The molecule has 2 rings (SSSR count). The van der Waals surface area contributed by atoms with E-state index in [1.165, 1.54) is 0 Å². The highest BCUT2D eigenvalue weighted by Gasteiger charge is 2.09. The molecular formula is C12H6Cl4. The smallest absolute Gasteiger partial charge is 0.0778 e. The molecule has 0 amide bonds. The summed E-state index contributed by atoms with van der Waals surface area (Å²) in [6, 6.07) is 11.0. The number of hydrogen-bond acceptors (Lipinski definition) is 0. The summed E-state index contributed by atoms with van der Waals surface area (Å²) in [5, 5.41) is 1.85. The second-order valence-corrected chi connectivity index (χ2v) is 4.83. The minimum atomic E-state index is 0.360. The van der Waals surface area contributed by atoms with Gasteiger partial charge in [0.15, 0.2) is 0 Å². The molecule has 0 fully saturated rings. The maximum Gasteiger partial charge on any atom is 0.0778 e. The Morgan fingerprint density at radius 2 is 1.25 bits per heavy atom. The zero-order chi connectivity index (χ0) is 11.7. The van der Waals surface area contributed by atoms with Crippen LogP contribution in [0.25, 0.3) is 11.1 Å². The standard InChI is InChI=1S/C12H6Cl4/c13-9-4-2-1-3-8(9)7-5-10(14)12(16)11(15)6-7/h1-6H. The van der Waals surface area contributed by atoms with Gasteiger partial charge in [0, 0.05) is 10.6 Å². The third kappa shape index (κ3) is 2.31. The molecule has 0 aliphatic rings. The first-order valence-electron chi connectivity index (χ1n) is 4.49. The molecule has 0 N–H and O–H groups in total. The van der Waals surface area contributed by atoms with E-state index in [4.69, 9.17) is 46.4 Å². The second kappa shape index (κ2) is 4.85. The first-order chi connectivity index (χ1) is 7.59. The van der Waals surface area contributed by atoms with Gasteiger partial charge in [-0.1, -0.05) is 64.6 Å². The minimum Gasteiger partial charge on any atom is -0.0837 e. The summed E-state index contributed by atoms with van der Waals surface area (Å²) >= 11 is 23.9.